The first-order valence-electron chi connectivity index (χ1n) is 7.77. The molecule has 1 N–H and O–H groups in total. The normalized spacial score (nSPS) is 10.8. The minimum absolute atomic E-state index is 0.480. The van der Waals surface area contributed by atoms with Crippen LogP contribution in [0, 0.1) is 0 Å². The average Bonchev–Trinajstić information content (AvgIpc) is 2.58. The second kappa shape index (κ2) is 9.40. The standard InChI is InChI=1S/C18H20Cl2N2O2/c1-3-9-24-17-8-5-13(10-18(17)23-4-2)12-21-22-14-6-7-15(19)16(20)11-14/h5-8,10-12,22H,3-4,9H2,1-2H3. The molecule has 0 saturated heterocycles. The molecule has 2 rings (SSSR count). The van der Waals surface area contributed by atoms with Crippen LogP contribution in [0.3, 0.4) is 0 Å². The zero-order chi connectivity index (χ0) is 17.4. The molecule has 0 bridgehead atoms. The molecule has 0 unspecified atom stereocenters. The molecular weight excluding hydrogens is 347 g/mol. The van der Waals surface area contributed by atoms with Gasteiger partial charge in [-0.05, 0) is 55.3 Å². The molecule has 6 heteroatoms. The number of benzene rings is 2. The van der Waals surface area contributed by atoms with Gasteiger partial charge in [-0.2, -0.15) is 5.10 Å². The van der Waals surface area contributed by atoms with Crippen molar-refractivity contribution in [2.75, 3.05) is 18.6 Å². The van der Waals surface area contributed by atoms with Crippen LogP contribution >= 0.6 is 23.2 Å². The van der Waals surface area contributed by atoms with Crippen LogP contribution in [0.2, 0.25) is 10.0 Å². The van der Waals surface area contributed by atoms with Crippen LogP contribution in [0.5, 0.6) is 11.5 Å². The van der Waals surface area contributed by atoms with Gasteiger partial charge in [-0.1, -0.05) is 30.1 Å². The van der Waals surface area contributed by atoms with E-state index in [-0.39, 0.29) is 0 Å². The van der Waals surface area contributed by atoms with Gasteiger partial charge in [0.1, 0.15) is 0 Å². The van der Waals surface area contributed by atoms with E-state index in [9.17, 15) is 0 Å². The van der Waals surface area contributed by atoms with Crippen molar-refractivity contribution in [2.24, 2.45) is 5.10 Å². The van der Waals surface area contributed by atoms with Gasteiger partial charge in [0, 0.05) is 0 Å². The van der Waals surface area contributed by atoms with Crippen LogP contribution in [0.25, 0.3) is 0 Å². The van der Waals surface area contributed by atoms with Crippen molar-refractivity contribution >= 4 is 35.1 Å². The number of hydrogen-bond donors (Lipinski definition) is 1. The molecule has 0 heterocycles. The Morgan fingerprint density at radius 2 is 1.83 bits per heavy atom. The molecule has 2 aromatic carbocycles. The third-order valence-electron chi connectivity index (χ3n) is 3.06. The van der Waals surface area contributed by atoms with Crippen molar-refractivity contribution in [1.82, 2.24) is 0 Å². The Bertz CT molecular complexity index is 705. The molecule has 0 atom stereocenters. The van der Waals surface area contributed by atoms with Gasteiger partial charge < -0.3 is 9.47 Å². The monoisotopic (exact) mass is 366 g/mol. The lowest BCUT2D eigenvalue weighted by molar-refractivity contribution is 0.277. The second-order valence-corrected chi connectivity index (χ2v) is 5.80. The maximum Gasteiger partial charge on any atom is 0.161 e. The maximum absolute atomic E-state index is 5.97. The van der Waals surface area contributed by atoms with E-state index in [4.69, 9.17) is 32.7 Å². The highest BCUT2D eigenvalue weighted by molar-refractivity contribution is 6.42. The Hall–Kier alpha value is -1.91. The second-order valence-electron chi connectivity index (χ2n) is 4.99. The predicted molar refractivity (Wildman–Crippen MR) is 101 cm³/mol. The fourth-order valence-corrected chi connectivity index (χ4v) is 2.25. The van der Waals surface area contributed by atoms with Crippen molar-refractivity contribution in [2.45, 2.75) is 20.3 Å². The number of nitrogens with one attached hydrogen (secondary N) is 1. The van der Waals surface area contributed by atoms with E-state index in [0.29, 0.717) is 29.0 Å². The Labute approximate surface area is 152 Å². The molecule has 0 spiro atoms. The van der Waals surface area contributed by atoms with Gasteiger partial charge in [-0.25, -0.2) is 0 Å². The molecule has 0 saturated carbocycles. The highest BCUT2D eigenvalue weighted by Crippen LogP contribution is 2.28. The summed E-state index contributed by atoms with van der Waals surface area (Å²) in [4.78, 5) is 0. The van der Waals surface area contributed by atoms with Gasteiger partial charge in [0.25, 0.3) is 0 Å². The molecule has 24 heavy (non-hydrogen) atoms. The van der Waals surface area contributed by atoms with E-state index < -0.39 is 0 Å². The topological polar surface area (TPSA) is 42.8 Å². The lowest BCUT2D eigenvalue weighted by Crippen LogP contribution is -2.00. The van der Waals surface area contributed by atoms with Crippen LogP contribution in [0.15, 0.2) is 41.5 Å². The molecule has 0 aliphatic carbocycles. The van der Waals surface area contributed by atoms with Crippen LogP contribution in [0.1, 0.15) is 25.8 Å². The summed E-state index contributed by atoms with van der Waals surface area (Å²) in [7, 11) is 0. The molecule has 2 aromatic rings. The van der Waals surface area contributed by atoms with E-state index in [1.54, 1.807) is 24.4 Å². The summed E-state index contributed by atoms with van der Waals surface area (Å²) in [5, 5.41) is 5.19. The molecule has 128 valence electrons. The van der Waals surface area contributed by atoms with Crippen molar-refractivity contribution < 1.29 is 9.47 Å². The Balaban J connectivity index is 2.07. The molecule has 0 amide bonds. The van der Waals surface area contributed by atoms with Gasteiger partial charge in [0.2, 0.25) is 0 Å². The summed E-state index contributed by atoms with van der Waals surface area (Å²) < 4.78 is 11.3. The molecule has 4 nitrogen and oxygen atoms in total. The average molecular weight is 367 g/mol. The van der Waals surface area contributed by atoms with Crippen LogP contribution in [0.4, 0.5) is 5.69 Å². The van der Waals surface area contributed by atoms with Gasteiger partial charge in [0.15, 0.2) is 11.5 Å². The first-order chi connectivity index (χ1) is 11.6. The number of rotatable bonds is 8. The smallest absolute Gasteiger partial charge is 0.161 e. The van der Waals surface area contributed by atoms with E-state index in [1.165, 1.54) is 0 Å². The number of halogens is 2. The summed E-state index contributed by atoms with van der Waals surface area (Å²) in [6.45, 7) is 5.24. The maximum atomic E-state index is 5.97. The number of hydrogen-bond acceptors (Lipinski definition) is 4. The van der Waals surface area contributed by atoms with Crippen molar-refractivity contribution in [3.05, 3.63) is 52.0 Å². The minimum atomic E-state index is 0.480. The van der Waals surface area contributed by atoms with E-state index in [1.807, 2.05) is 25.1 Å². The minimum Gasteiger partial charge on any atom is -0.490 e. The lowest BCUT2D eigenvalue weighted by atomic mass is 10.2. The van der Waals surface area contributed by atoms with E-state index in [0.717, 1.165) is 23.4 Å². The fraction of sp³-hybridized carbons (Fsp3) is 0.278. The molecule has 0 aliphatic rings. The van der Waals surface area contributed by atoms with Crippen molar-refractivity contribution in [1.29, 1.82) is 0 Å². The van der Waals surface area contributed by atoms with Crippen molar-refractivity contribution in [3.8, 4) is 11.5 Å². The van der Waals surface area contributed by atoms with E-state index in [2.05, 4.69) is 17.5 Å². The number of nitrogens with zero attached hydrogens (tertiary/aromatic N) is 1. The van der Waals surface area contributed by atoms with Gasteiger partial charge in [-0.3, -0.25) is 5.43 Å². The Morgan fingerprint density at radius 1 is 1.00 bits per heavy atom. The molecule has 0 radical (unpaired) electrons. The molecule has 0 aliphatic heterocycles. The van der Waals surface area contributed by atoms with Gasteiger partial charge in [-0.15, -0.1) is 0 Å². The number of hydrazone groups is 1. The van der Waals surface area contributed by atoms with E-state index >= 15 is 0 Å². The molecule has 0 fully saturated rings. The van der Waals surface area contributed by atoms with Crippen LogP contribution in [-0.4, -0.2) is 19.4 Å². The molecular formula is C18H20Cl2N2O2. The predicted octanol–water partition coefficient (Wildman–Crippen LogP) is 5.63. The zero-order valence-corrected chi connectivity index (χ0v) is 15.2. The molecule has 0 aromatic heterocycles. The SMILES string of the molecule is CCCOc1ccc(C=NNc2ccc(Cl)c(Cl)c2)cc1OCC. The highest BCUT2D eigenvalue weighted by atomic mass is 35.5. The highest BCUT2D eigenvalue weighted by Gasteiger charge is 2.05. The third-order valence-corrected chi connectivity index (χ3v) is 3.80. The Morgan fingerprint density at radius 3 is 2.54 bits per heavy atom. The zero-order valence-electron chi connectivity index (χ0n) is 13.7. The Kier molecular flexibility index (Phi) is 7.22. The number of anilines is 1. The lowest BCUT2D eigenvalue weighted by Gasteiger charge is -2.11. The first kappa shape index (κ1) is 18.4. The van der Waals surface area contributed by atoms with Gasteiger partial charge >= 0.3 is 0 Å². The van der Waals surface area contributed by atoms with Crippen LogP contribution in [-0.2, 0) is 0 Å². The van der Waals surface area contributed by atoms with Crippen molar-refractivity contribution in [3.63, 3.8) is 0 Å². The summed E-state index contributed by atoms with van der Waals surface area (Å²) in [6, 6.07) is 10.9. The summed E-state index contributed by atoms with van der Waals surface area (Å²) in [5.74, 6) is 1.46. The summed E-state index contributed by atoms with van der Waals surface area (Å²) in [5.41, 5.74) is 4.57. The largest absolute Gasteiger partial charge is 0.490 e. The quantitative estimate of drug-likeness (QED) is 0.486. The number of ether oxygens (including phenoxy) is 2. The summed E-state index contributed by atoms with van der Waals surface area (Å²) in [6.07, 6.45) is 2.65. The first-order valence-corrected chi connectivity index (χ1v) is 8.53. The van der Waals surface area contributed by atoms with Gasteiger partial charge in [0.05, 0.1) is 35.2 Å². The fourth-order valence-electron chi connectivity index (χ4n) is 1.95. The summed E-state index contributed by atoms with van der Waals surface area (Å²) >= 11 is 11.9. The third kappa shape index (κ3) is 5.32. The van der Waals surface area contributed by atoms with Crippen LogP contribution < -0.4 is 14.9 Å².